The average Bonchev–Trinajstić information content (AvgIpc) is 2.55. The Bertz CT molecular complexity index is 792. The lowest BCUT2D eigenvalue weighted by molar-refractivity contribution is -0.118. The molecule has 1 heterocycles. The van der Waals surface area contributed by atoms with Gasteiger partial charge in [-0.25, -0.2) is 0 Å². The van der Waals surface area contributed by atoms with Crippen molar-refractivity contribution in [2.24, 2.45) is 0 Å². The number of hydrogen-bond acceptors (Lipinski definition) is 4. The normalized spacial score (nSPS) is 12.7. The van der Waals surface area contributed by atoms with Crippen LogP contribution in [-0.2, 0) is 4.79 Å². The molecule has 0 bridgehead atoms. The maximum absolute atomic E-state index is 12.4. The Hall–Kier alpha value is -2.73. The molecule has 0 saturated heterocycles. The summed E-state index contributed by atoms with van der Waals surface area (Å²) in [5.41, 5.74) is 1.25. The van der Waals surface area contributed by atoms with Crippen molar-refractivity contribution in [3.63, 3.8) is 0 Å². The predicted molar refractivity (Wildman–Crippen MR) is 86.5 cm³/mol. The fraction of sp³-hybridized carbons (Fsp3) is 0.125. The lowest BCUT2D eigenvalue weighted by atomic mass is 10.1. The van der Waals surface area contributed by atoms with Crippen LogP contribution in [0.5, 0.6) is 11.5 Å². The van der Waals surface area contributed by atoms with Gasteiger partial charge in [-0.15, -0.1) is 0 Å². The molecule has 7 heteroatoms. The Labute approximate surface area is 137 Å². The highest BCUT2D eigenvalue weighted by Gasteiger charge is 2.20. The van der Waals surface area contributed by atoms with Gasteiger partial charge in [0.15, 0.2) is 6.61 Å². The van der Waals surface area contributed by atoms with Crippen molar-refractivity contribution in [3.05, 3.63) is 47.0 Å². The van der Waals surface area contributed by atoms with Gasteiger partial charge in [-0.3, -0.25) is 9.59 Å². The number of methoxy groups -OCH3 is 1. The standard InChI is InChI=1S/C16H13ClN2O4/c1-22-13-5-3-2-4-9(13)16(21)19-11-7-14-12(6-10(11)17)18-15(20)8-23-14/h2-7H,8H2,1H3,(H,18,20)(H,19,21). The van der Waals surface area contributed by atoms with Gasteiger partial charge in [0.05, 0.1) is 29.1 Å². The molecular formula is C16H13ClN2O4. The van der Waals surface area contributed by atoms with Crippen LogP contribution in [0.1, 0.15) is 10.4 Å². The van der Waals surface area contributed by atoms with E-state index in [-0.39, 0.29) is 23.4 Å². The lowest BCUT2D eigenvalue weighted by Crippen LogP contribution is -2.25. The summed E-state index contributed by atoms with van der Waals surface area (Å²) in [6.07, 6.45) is 0. The summed E-state index contributed by atoms with van der Waals surface area (Å²) in [5, 5.41) is 5.66. The molecule has 0 fully saturated rings. The Balaban J connectivity index is 1.88. The van der Waals surface area contributed by atoms with Crippen molar-refractivity contribution in [3.8, 4) is 11.5 Å². The van der Waals surface area contributed by atoms with Crippen molar-refractivity contribution in [2.75, 3.05) is 24.4 Å². The fourth-order valence-electron chi connectivity index (χ4n) is 2.22. The summed E-state index contributed by atoms with van der Waals surface area (Å²) < 4.78 is 10.5. The first kappa shape index (κ1) is 15.2. The predicted octanol–water partition coefficient (Wildman–Crippen LogP) is 2.93. The zero-order chi connectivity index (χ0) is 16.4. The number of carbonyl (C=O) groups excluding carboxylic acids is 2. The molecular weight excluding hydrogens is 320 g/mol. The molecule has 0 radical (unpaired) electrons. The second-order valence-corrected chi connectivity index (χ2v) is 5.23. The summed E-state index contributed by atoms with van der Waals surface area (Å²) in [6, 6.07) is 9.97. The number of amides is 2. The van der Waals surface area contributed by atoms with Crippen LogP contribution < -0.4 is 20.1 Å². The number of fused-ring (bicyclic) bond motifs is 1. The SMILES string of the molecule is COc1ccccc1C(=O)Nc1cc2c(cc1Cl)NC(=O)CO2. The molecule has 0 atom stereocenters. The van der Waals surface area contributed by atoms with Gasteiger partial charge in [-0.05, 0) is 18.2 Å². The smallest absolute Gasteiger partial charge is 0.262 e. The molecule has 1 aliphatic heterocycles. The van der Waals surface area contributed by atoms with E-state index in [1.807, 2.05) is 0 Å². The monoisotopic (exact) mass is 332 g/mol. The highest BCUT2D eigenvalue weighted by atomic mass is 35.5. The molecule has 2 aromatic rings. The Morgan fingerprint density at radius 3 is 2.91 bits per heavy atom. The number of nitrogens with one attached hydrogen (secondary N) is 2. The molecule has 2 N–H and O–H groups in total. The van der Waals surface area contributed by atoms with Crippen LogP contribution in [0.4, 0.5) is 11.4 Å². The van der Waals surface area contributed by atoms with Gasteiger partial charge in [-0.1, -0.05) is 23.7 Å². The number of hydrogen-bond donors (Lipinski definition) is 2. The second kappa shape index (κ2) is 6.18. The Kier molecular flexibility index (Phi) is 4.08. The number of carbonyl (C=O) groups is 2. The summed E-state index contributed by atoms with van der Waals surface area (Å²) in [6.45, 7) is -0.0749. The second-order valence-electron chi connectivity index (χ2n) is 4.82. The van der Waals surface area contributed by atoms with E-state index in [2.05, 4.69) is 10.6 Å². The van der Waals surface area contributed by atoms with E-state index in [1.165, 1.54) is 13.2 Å². The third-order valence-corrected chi connectivity index (χ3v) is 3.61. The van der Waals surface area contributed by atoms with Gasteiger partial charge in [0, 0.05) is 6.07 Å². The Morgan fingerprint density at radius 1 is 1.35 bits per heavy atom. The van der Waals surface area contributed by atoms with Crippen LogP contribution in [0.25, 0.3) is 0 Å². The zero-order valence-electron chi connectivity index (χ0n) is 12.2. The van der Waals surface area contributed by atoms with Crippen LogP contribution in [0.15, 0.2) is 36.4 Å². The van der Waals surface area contributed by atoms with Crippen molar-refractivity contribution in [1.82, 2.24) is 0 Å². The topological polar surface area (TPSA) is 76.7 Å². The van der Waals surface area contributed by atoms with Gasteiger partial charge in [0.25, 0.3) is 11.8 Å². The highest BCUT2D eigenvalue weighted by molar-refractivity contribution is 6.34. The molecule has 118 valence electrons. The number of para-hydroxylation sites is 1. The summed E-state index contributed by atoms with van der Waals surface area (Å²) in [7, 11) is 1.49. The van der Waals surface area contributed by atoms with Gasteiger partial charge in [0.1, 0.15) is 11.5 Å². The maximum atomic E-state index is 12.4. The lowest BCUT2D eigenvalue weighted by Gasteiger charge is -2.19. The van der Waals surface area contributed by atoms with Gasteiger partial charge >= 0.3 is 0 Å². The summed E-state index contributed by atoms with van der Waals surface area (Å²) >= 11 is 6.16. The molecule has 1 aliphatic rings. The molecule has 0 aromatic heterocycles. The molecule has 0 spiro atoms. The van der Waals surface area contributed by atoms with Crippen LogP contribution in [0, 0.1) is 0 Å². The number of anilines is 2. The van der Waals surface area contributed by atoms with Crippen molar-refractivity contribution in [2.45, 2.75) is 0 Å². The van der Waals surface area contributed by atoms with E-state index in [0.717, 1.165) is 0 Å². The summed E-state index contributed by atoms with van der Waals surface area (Å²) in [4.78, 5) is 23.7. The van der Waals surface area contributed by atoms with Crippen LogP contribution in [0.3, 0.4) is 0 Å². The maximum Gasteiger partial charge on any atom is 0.262 e. The van der Waals surface area contributed by atoms with Gasteiger partial charge < -0.3 is 20.1 Å². The molecule has 0 aliphatic carbocycles. The average molecular weight is 333 g/mol. The van der Waals surface area contributed by atoms with Crippen LogP contribution in [-0.4, -0.2) is 25.5 Å². The molecule has 6 nitrogen and oxygen atoms in total. The molecule has 2 amide bonds. The minimum atomic E-state index is -0.357. The minimum Gasteiger partial charge on any atom is -0.496 e. The molecule has 0 saturated carbocycles. The third-order valence-electron chi connectivity index (χ3n) is 3.30. The first-order valence-corrected chi connectivity index (χ1v) is 7.17. The van der Waals surface area contributed by atoms with Crippen molar-refractivity contribution >= 4 is 34.8 Å². The number of ether oxygens (including phenoxy) is 2. The van der Waals surface area contributed by atoms with Crippen molar-refractivity contribution < 1.29 is 19.1 Å². The Morgan fingerprint density at radius 2 is 2.13 bits per heavy atom. The van der Waals surface area contributed by atoms with Crippen LogP contribution >= 0.6 is 11.6 Å². The number of halogens is 1. The molecule has 3 rings (SSSR count). The van der Waals surface area contributed by atoms with Gasteiger partial charge in [-0.2, -0.15) is 0 Å². The van der Waals surface area contributed by atoms with E-state index in [0.29, 0.717) is 28.4 Å². The minimum absolute atomic E-state index is 0.0749. The van der Waals surface area contributed by atoms with Crippen LogP contribution in [0.2, 0.25) is 5.02 Å². The summed E-state index contributed by atoms with van der Waals surface area (Å²) in [5.74, 6) is 0.301. The van der Waals surface area contributed by atoms with Crippen molar-refractivity contribution in [1.29, 1.82) is 0 Å². The third kappa shape index (κ3) is 3.07. The first-order valence-electron chi connectivity index (χ1n) is 6.79. The van der Waals surface area contributed by atoms with E-state index in [9.17, 15) is 9.59 Å². The number of rotatable bonds is 3. The van der Waals surface area contributed by atoms with E-state index in [4.69, 9.17) is 21.1 Å². The molecule has 0 unspecified atom stereocenters. The van der Waals surface area contributed by atoms with Gasteiger partial charge in [0.2, 0.25) is 0 Å². The largest absolute Gasteiger partial charge is 0.496 e. The van der Waals surface area contributed by atoms with E-state index < -0.39 is 0 Å². The fourth-order valence-corrected chi connectivity index (χ4v) is 2.43. The highest BCUT2D eigenvalue weighted by Crippen LogP contribution is 2.36. The molecule has 2 aromatic carbocycles. The molecule has 23 heavy (non-hydrogen) atoms. The zero-order valence-corrected chi connectivity index (χ0v) is 12.9. The van der Waals surface area contributed by atoms with E-state index >= 15 is 0 Å². The number of benzene rings is 2. The quantitative estimate of drug-likeness (QED) is 0.906. The van der Waals surface area contributed by atoms with E-state index in [1.54, 1.807) is 30.3 Å². The first-order chi connectivity index (χ1) is 11.1.